The Morgan fingerprint density at radius 3 is 2.40 bits per heavy atom. The van der Waals surface area contributed by atoms with Gasteiger partial charge in [0.1, 0.15) is 0 Å². The second-order valence-corrected chi connectivity index (χ2v) is 7.33. The molecule has 15 heavy (non-hydrogen) atoms. The summed E-state index contributed by atoms with van der Waals surface area (Å²) >= 11 is 5.90. The van der Waals surface area contributed by atoms with Crippen LogP contribution in [0, 0.1) is 19.3 Å². The van der Waals surface area contributed by atoms with Crippen molar-refractivity contribution < 1.29 is 0 Å². The van der Waals surface area contributed by atoms with Crippen LogP contribution in [0.2, 0.25) is 0 Å². The van der Waals surface area contributed by atoms with Gasteiger partial charge in [0.05, 0.1) is 4.83 Å². The van der Waals surface area contributed by atoms with E-state index in [1.165, 1.54) is 36.1 Å². The standard InChI is InChI=1S/C13H19BrS/c1-9-8-10(2)15-11(9)12(14)13(3)6-4-5-7-13/h8,12H,4-7H2,1-3H3. The molecule has 0 N–H and O–H groups in total. The van der Waals surface area contributed by atoms with Crippen LogP contribution in [0.1, 0.15) is 52.8 Å². The number of halogens is 1. The quantitative estimate of drug-likeness (QED) is 0.640. The molecule has 1 aromatic rings. The minimum absolute atomic E-state index is 0.488. The third kappa shape index (κ3) is 2.16. The highest BCUT2D eigenvalue weighted by molar-refractivity contribution is 9.09. The van der Waals surface area contributed by atoms with E-state index in [4.69, 9.17) is 0 Å². The van der Waals surface area contributed by atoms with Gasteiger partial charge in [-0.3, -0.25) is 0 Å². The predicted octanol–water partition coefficient (Wildman–Crippen LogP) is 5.38. The fraction of sp³-hybridized carbons (Fsp3) is 0.692. The van der Waals surface area contributed by atoms with Crippen LogP contribution >= 0.6 is 27.3 Å². The Kier molecular flexibility index (Phi) is 3.27. The summed E-state index contributed by atoms with van der Waals surface area (Å²) in [4.78, 5) is 3.55. The van der Waals surface area contributed by atoms with E-state index in [1.54, 1.807) is 4.88 Å². The van der Waals surface area contributed by atoms with Gasteiger partial charge in [0.2, 0.25) is 0 Å². The van der Waals surface area contributed by atoms with Gasteiger partial charge < -0.3 is 0 Å². The zero-order valence-corrected chi connectivity index (χ0v) is 12.2. The third-order valence-electron chi connectivity index (χ3n) is 3.67. The lowest BCUT2D eigenvalue weighted by molar-refractivity contribution is 0.333. The largest absolute Gasteiger partial charge is 0.144 e. The Balaban J connectivity index is 2.27. The monoisotopic (exact) mass is 286 g/mol. The minimum atomic E-state index is 0.488. The van der Waals surface area contributed by atoms with E-state index < -0.39 is 0 Å². The van der Waals surface area contributed by atoms with Crippen molar-refractivity contribution in [3.8, 4) is 0 Å². The molecule has 1 aromatic heterocycles. The third-order valence-corrected chi connectivity index (χ3v) is 6.75. The van der Waals surface area contributed by atoms with Crippen molar-refractivity contribution in [2.75, 3.05) is 0 Å². The van der Waals surface area contributed by atoms with Crippen LogP contribution in [0.15, 0.2) is 6.07 Å². The molecule has 0 bridgehead atoms. The maximum absolute atomic E-state index is 3.94. The van der Waals surface area contributed by atoms with E-state index in [0.717, 1.165) is 0 Å². The van der Waals surface area contributed by atoms with Gasteiger partial charge in [-0.1, -0.05) is 35.7 Å². The summed E-state index contributed by atoms with van der Waals surface area (Å²) in [5, 5.41) is 0. The summed E-state index contributed by atoms with van der Waals surface area (Å²) in [6.45, 7) is 6.89. The molecule has 0 saturated heterocycles. The van der Waals surface area contributed by atoms with Crippen molar-refractivity contribution in [2.24, 2.45) is 5.41 Å². The first kappa shape index (κ1) is 11.7. The van der Waals surface area contributed by atoms with Gasteiger partial charge in [0, 0.05) is 9.75 Å². The Labute approximate surface area is 105 Å². The molecule has 2 rings (SSSR count). The topological polar surface area (TPSA) is 0 Å². The Bertz CT molecular complexity index is 347. The lowest BCUT2D eigenvalue weighted by Gasteiger charge is -2.29. The maximum atomic E-state index is 3.94. The Morgan fingerprint density at radius 1 is 1.33 bits per heavy atom. The first-order chi connectivity index (χ1) is 7.03. The van der Waals surface area contributed by atoms with Gasteiger partial charge in [-0.2, -0.15) is 0 Å². The molecule has 1 aliphatic rings. The van der Waals surface area contributed by atoms with Crippen LogP contribution in [0.3, 0.4) is 0 Å². The van der Waals surface area contributed by atoms with E-state index >= 15 is 0 Å². The lowest BCUT2D eigenvalue weighted by atomic mass is 9.84. The highest BCUT2D eigenvalue weighted by Crippen LogP contribution is 2.53. The second kappa shape index (κ2) is 4.21. The molecule has 0 aromatic carbocycles. The van der Waals surface area contributed by atoms with E-state index in [-0.39, 0.29) is 0 Å². The summed E-state index contributed by atoms with van der Waals surface area (Å²) in [6.07, 6.45) is 5.56. The summed E-state index contributed by atoms with van der Waals surface area (Å²) < 4.78 is 0. The van der Waals surface area contributed by atoms with Crippen LogP contribution in [-0.4, -0.2) is 0 Å². The van der Waals surface area contributed by atoms with Gasteiger partial charge >= 0.3 is 0 Å². The molecule has 0 spiro atoms. The summed E-state index contributed by atoms with van der Waals surface area (Å²) in [7, 11) is 0. The maximum Gasteiger partial charge on any atom is 0.0545 e. The van der Waals surface area contributed by atoms with E-state index in [9.17, 15) is 0 Å². The second-order valence-electron chi connectivity index (χ2n) is 5.13. The molecule has 1 atom stereocenters. The van der Waals surface area contributed by atoms with E-state index in [2.05, 4.69) is 42.8 Å². The lowest BCUT2D eigenvalue weighted by Crippen LogP contribution is -2.17. The molecule has 0 aliphatic heterocycles. The number of aryl methyl sites for hydroxylation is 2. The van der Waals surface area contributed by atoms with Crippen LogP contribution in [-0.2, 0) is 0 Å². The summed E-state index contributed by atoms with van der Waals surface area (Å²) in [6, 6.07) is 2.31. The zero-order valence-electron chi connectivity index (χ0n) is 9.77. The van der Waals surface area contributed by atoms with Gasteiger partial charge in [-0.15, -0.1) is 11.3 Å². The average molecular weight is 287 g/mol. The van der Waals surface area contributed by atoms with Crippen molar-refractivity contribution >= 4 is 27.3 Å². The normalized spacial score (nSPS) is 21.9. The minimum Gasteiger partial charge on any atom is -0.144 e. The molecule has 2 heteroatoms. The molecule has 0 nitrogen and oxygen atoms in total. The molecule has 1 aliphatic carbocycles. The van der Waals surface area contributed by atoms with E-state index in [1.807, 2.05) is 11.3 Å². The number of hydrogen-bond acceptors (Lipinski definition) is 1. The molecule has 0 radical (unpaired) electrons. The average Bonchev–Trinajstić information content (AvgIpc) is 2.73. The SMILES string of the molecule is Cc1cc(C)c(C(Br)C2(C)CCCC2)s1. The molecular formula is C13H19BrS. The van der Waals surface area contributed by atoms with Crippen LogP contribution < -0.4 is 0 Å². The van der Waals surface area contributed by atoms with Crippen molar-refractivity contribution in [1.29, 1.82) is 0 Å². The van der Waals surface area contributed by atoms with Gasteiger partial charge in [0.25, 0.3) is 0 Å². The van der Waals surface area contributed by atoms with Crippen molar-refractivity contribution in [3.05, 3.63) is 21.4 Å². The molecule has 1 saturated carbocycles. The van der Waals surface area contributed by atoms with Crippen LogP contribution in [0.4, 0.5) is 0 Å². The molecule has 1 unspecified atom stereocenters. The van der Waals surface area contributed by atoms with Gasteiger partial charge in [-0.25, -0.2) is 0 Å². The van der Waals surface area contributed by atoms with Crippen molar-refractivity contribution in [3.63, 3.8) is 0 Å². The Hall–Kier alpha value is 0.180. The van der Waals surface area contributed by atoms with E-state index in [0.29, 0.717) is 10.2 Å². The molecule has 0 amide bonds. The first-order valence-corrected chi connectivity index (χ1v) is 7.47. The summed E-state index contributed by atoms with van der Waals surface area (Å²) in [5.74, 6) is 0. The highest BCUT2D eigenvalue weighted by atomic mass is 79.9. The van der Waals surface area contributed by atoms with Crippen molar-refractivity contribution in [2.45, 2.75) is 51.3 Å². The van der Waals surface area contributed by atoms with Gasteiger partial charge in [-0.05, 0) is 43.7 Å². The number of rotatable bonds is 2. The van der Waals surface area contributed by atoms with Crippen LogP contribution in [0.25, 0.3) is 0 Å². The highest BCUT2D eigenvalue weighted by Gasteiger charge is 2.37. The fourth-order valence-corrected chi connectivity index (χ4v) is 4.95. The molecule has 1 fully saturated rings. The fourth-order valence-electron chi connectivity index (χ4n) is 2.66. The van der Waals surface area contributed by atoms with Gasteiger partial charge in [0.15, 0.2) is 0 Å². The number of alkyl halides is 1. The van der Waals surface area contributed by atoms with Crippen molar-refractivity contribution in [1.82, 2.24) is 0 Å². The first-order valence-electron chi connectivity index (χ1n) is 5.74. The summed E-state index contributed by atoms with van der Waals surface area (Å²) in [5.41, 5.74) is 1.95. The smallest absolute Gasteiger partial charge is 0.0545 e. The molecular weight excluding hydrogens is 268 g/mol. The molecule has 84 valence electrons. The number of thiophene rings is 1. The molecule has 1 heterocycles. The van der Waals surface area contributed by atoms with Crippen LogP contribution in [0.5, 0.6) is 0 Å². The number of hydrogen-bond donors (Lipinski definition) is 0. The zero-order chi connectivity index (χ0) is 11.1. The Morgan fingerprint density at radius 2 is 1.93 bits per heavy atom. The predicted molar refractivity (Wildman–Crippen MR) is 72.0 cm³/mol.